The average molecular weight is 206 g/mol. The van der Waals surface area contributed by atoms with Crippen LogP contribution in [0, 0.1) is 6.92 Å². The van der Waals surface area contributed by atoms with Crippen molar-refractivity contribution in [2.24, 2.45) is 0 Å². The third kappa shape index (κ3) is 1.52. The zero-order valence-corrected chi connectivity index (χ0v) is 8.37. The number of aromatic nitrogens is 2. The molecule has 5 heteroatoms. The Morgan fingerprint density at radius 2 is 2.33 bits per heavy atom. The van der Waals surface area contributed by atoms with E-state index >= 15 is 0 Å². The predicted molar refractivity (Wildman–Crippen MR) is 53.8 cm³/mol. The van der Waals surface area contributed by atoms with Gasteiger partial charge in [0, 0.05) is 12.3 Å². The van der Waals surface area contributed by atoms with E-state index in [0.29, 0.717) is 5.52 Å². The number of fused-ring (bicyclic) bond motifs is 1. The molecule has 1 heterocycles. The van der Waals surface area contributed by atoms with Crippen molar-refractivity contribution in [3.63, 3.8) is 0 Å². The number of nitrogens with zero attached hydrogens (tertiary/aromatic N) is 1. The Kier molecular flexibility index (Phi) is 2.07. The Bertz CT molecular complexity index is 531. The number of phenolic OH excluding ortho intramolecular Hbond substituents is 1. The van der Waals surface area contributed by atoms with Crippen LogP contribution in [-0.4, -0.2) is 21.3 Å². The van der Waals surface area contributed by atoms with Crippen LogP contribution in [0.25, 0.3) is 10.9 Å². The van der Waals surface area contributed by atoms with E-state index in [9.17, 15) is 9.90 Å². The van der Waals surface area contributed by atoms with E-state index in [1.807, 2.05) is 6.92 Å². The highest BCUT2D eigenvalue weighted by atomic mass is 16.5. The lowest BCUT2D eigenvalue weighted by Gasteiger charge is -2.06. The fourth-order valence-electron chi connectivity index (χ4n) is 1.46. The quantitative estimate of drug-likeness (QED) is 0.547. The molecule has 1 aromatic heterocycles. The summed E-state index contributed by atoms with van der Waals surface area (Å²) in [7, 11) is 0. The van der Waals surface area contributed by atoms with Gasteiger partial charge in [-0.2, -0.15) is 5.10 Å². The van der Waals surface area contributed by atoms with Crippen molar-refractivity contribution in [3.05, 3.63) is 17.8 Å². The molecule has 2 aromatic rings. The fraction of sp³-hybridized carbons (Fsp3) is 0.200. The third-order valence-electron chi connectivity index (χ3n) is 2.14. The number of nitrogens with one attached hydrogen (secondary N) is 1. The number of carbonyl (C=O) groups is 1. The van der Waals surface area contributed by atoms with E-state index in [2.05, 4.69) is 10.2 Å². The van der Waals surface area contributed by atoms with Crippen LogP contribution in [0.1, 0.15) is 12.5 Å². The molecule has 5 nitrogen and oxygen atoms in total. The van der Waals surface area contributed by atoms with E-state index < -0.39 is 5.97 Å². The summed E-state index contributed by atoms with van der Waals surface area (Å²) in [5.74, 6) is -0.413. The molecule has 0 radical (unpaired) electrons. The summed E-state index contributed by atoms with van der Waals surface area (Å²) < 4.78 is 4.87. The first-order valence-corrected chi connectivity index (χ1v) is 4.43. The summed E-state index contributed by atoms with van der Waals surface area (Å²) >= 11 is 0. The van der Waals surface area contributed by atoms with Gasteiger partial charge in [-0.1, -0.05) is 0 Å². The molecule has 0 saturated heterocycles. The molecule has 0 aliphatic rings. The minimum atomic E-state index is -0.469. The summed E-state index contributed by atoms with van der Waals surface area (Å²) in [6.45, 7) is 3.14. The van der Waals surface area contributed by atoms with Crippen LogP contribution in [0.4, 0.5) is 0 Å². The lowest BCUT2D eigenvalue weighted by atomic mass is 10.1. The van der Waals surface area contributed by atoms with Crippen LogP contribution in [0.5, 0.6) is 11.5 Å². The van der Waals surface area contributed by atoms with Gasteiger partial charge in [0.05, 0.1) is 6.20 Å². The Balaban J connectivity index is 2.65. The van der Waals surface area contributed by atoms with Crippen molar-refractivity contribution in [3.8, 4) is 11.5 Å². The Morgan fingerprint density at radius 3 is 3.00 bits per heavy atom. The highest BCUT2D eigenvalue weighted by Crippen LogP contribution is 2.35. The van der Waals surface area contributed by atoms with Gasteiger partial charge < -0.3 is 9.84 Å². The maximum atomic E-state index is 10.8. The molecular formula is C10H10N2O3. The van der Waals surface area contributed by atoms with Crippen molar-refractivity contribution in [1.82, 2.24) is 10.2 Å². The first-order chi connectivity index (χ1) is 7.09. The summed E-state index contributed by atoms with van der Waals surface area (Å²) in [5, 5.41) is 17.0. The number of hydrogen-bond donors (Lipinski definition) is 2. The minimum Gasteiger partial charge on any atom is -0.503 e. The molecule has 0 fully saturated rings. The number of phenols is 1. The number of rotatable bonds is 1. The largest absolute Gasteiger partial charge is 0.503 e. The van der Waals surface area contributed by atoms with Gasteiger partial charge in [-0.05, 0) is 18.6 Å². The number of hydrogen-bond acceptors (Lipinski definition) is 4. The monoisotopic (exact) mass is 206 g/mol. The van der Waals surface area contributed by atoms with Gasteiger partial charge in [0.15, 0.2) is 11.5 Å². The van der Waals surface area contributed by atoms with E-state index in [1.165, 1.54) is 6.92 Å². The van der Waals surface area contributed by atoms with Gasteiger partial charge in [0.1, 0.15) is 5.52 Å². The maximum Gasteiger partial charge on any atom is 0.308 e. The zero-order valence-electron chi connectivity index (χ0n) is 8.37. The van der Waals surface area contributed by atoms with Crippen LogP contribution < -0.4 is 4.74 Å². The van der Waals surface area contributed by atoms with Gasteiger partial charge in [-0.25, -0.2) is 0 Å². The van der Waals surface area contributed by atoms with Crippen LogP contribution in [0.2, 0.25) is 0 Å². The third-order valence-corrected chi connectivity index (χ3v) is 2.14. The normalized spacial score (nSPS) is 10.5. The Morgan fingerprint density at radius 1 is 1.60 bits per heavy atom. The number of esters is 1. The second-order valence-corrected chi connectivity index (χ2v) is 3.29. The molecule has 2 rings (SSSR count). The SMILES string of the molecule is CC(=O)Oc1cc(C)c2cn[nH]c2c1O. The molecule has 0 aliphatic carbocycles. The van der Waals surface area contributed by atoms with Gasteiger partial charge >= 0.3 is 5.97 Å². The van der Waals surface area contributed by atoms with Crippen molar-refractivity contribution in [2.45, 2.75) is 13.8 Å². The van der Waals surface area contributed by atoms with E-state index in [4.69, 9.17) is 4.74 Å². The maximum absolute atomic E-state index is 10.8. The zero-order chi connectivity index (χ0) is 11.0. The molecule has 1 aromatic carbocycles. The number of carbonyl (C=O) groups excluding carboxylic acids is 1. The summed E-state index contributed by atoms with van der Waals surface area (Å²) in [5.41, 5.74) is 1.36. The molecule has 0 saturated carbocycles. The van der Waals surface area contributed by atoms with Gasteiger partial charge in [-0.15, -0.1) is 0 Å². The second kappa shape index (κ2) is 3.27. The molecule has 0 amide bonds. The molecule has 2 N–H and O–H groups in total. The van der Waals surface area contributed by atoms with Crippen LogP contribution in [0.15, 0.2) is 12.3 Å². The smallest absolute Gasteiger partial charge is 0.308 e. The molecule has 0 unspecified atom stereocenters. The Labute approximate surface area is 85.7 Å². The van der Waals surface area contributed by atoms with Crippen molar-refractivity contribution < 1.29 is 14.6 Å². The lowest BCUT2D eigenvalue weighted by molar-refractivity contribution is -0.132. The molecule has 78 valence electrons. The molecule has 0 spiro atoms. The molecule has 0 atom stereocenters. The molecule has 15 heavy (non-hydrogen) atoms. The summed E-state index contributed by atoms with van der Waals surface area (Å²) in [4.78, 5) is 10.8. The number of ether oxygens (including phenoxy) is 1. The molecule has 0 bridgehead atoms. The first kappa shape index (κ1) is 9.51. The van der Waals surface area contributed by atoms with Crippen LogP contribution in [0.3, 0.4) is 0 Å². The van der Waals surface area contributed by atoms with E-state index in [1.54, 1.807) is 12.3 Å². The summed E-state index contributed by atoms with van der Waals surface area (Å²) in [6.07, 6.45) is 1.61. The minimum absolute atomic E-state index is 0.0942. The highest BCUT2D eigenvalue weighted by Gasteiger charge is 2.13. The van der Waals surface area contributed by atoms with Crippen LogP contribution in [-0.2, 0) is 4.79 Å². The number of H-pyrrole nitrogens is 1. The van der Waals surface area contributed by atoms with Gasteiger partial charge in [0.2, 0.25) is 0 Å². The standard InChI is InChI=1S/C10H10N2O3/c1-5-3-8(15-6(2)13)10(14)9-7(5)4-11-12-9/h3-4,14H,1-2H3,(H,11,12). The van der Waals surface area contributed by atoms with Gasteiger partial charge in [-0.3, -0.25) is 9.89 Å². The van der Waals surface area contributed by atoms with Crippen LogP contribution >= 0.6 is 0 Å². The highest BCUT2D eigenvalue weighted by molar-refractivity contribution is 5.90. The Hall–Kier alpha value is -2.04. The van der Waals surface area contributed by atoms with Crippen molar-refractivity contribution >= 4 is 16.9 Å². The predicted octanol–water partition coefficient (Wildman–Crippen LogP) is 1.50. The molecular weight excluding hydrogens is 196 g/mol. The number of benzene rings is 1. The lowest BCUT2D eigenvalue weighted by Crippen LogP contribution is -2.02. The second-order valence-electron chi connectivity index (χ2n) is 3.29. The number of aromatic hydroxyl groups is 1. The van der Waals surface area contributed by atoms with Crippen molar-refractivity contribution in [2.75, 3.05) is 0 Å². The topological polar surface area (TPSA) is 75.2 Å². The van der Waals surface area contributed by atoms with E-state index in [-0.39, 0.29) is 11.5 Å². The first-order valence-electron chi connectivity index (χ1n) is 4.43. The number of aryl methyl sites for hydroxylation is 1. The number of aromatic amines is 1. The van der Waals surface area contributed by atoms with Gasteiger partial charge in [0.25, 0.3) is 0 Å². The fourth-order valence-corrected chi connectivity index (χ4v) is 1.46. The molecule has 0 aliphatic heterocycles. The average Bonchev–Trinajstić information content (AvgIpc) is 2.61. The summed E-state index contributed by atoms with van der Waals surface area (Å²) in [6, 6.07) is 1.61. The van der Waals surface area contributed by atoms with E-state index in [0.717, 1.165) is 10.9 Å². The van der Waals surface area contributed by atoms with Crippen molar-refractivity contribution in [1.29, 1.82) is 0 Å².